The predicted octanol–water partition coefficient (Wildman–Crippen LogP) is 2.37. The molecule has 2 heterocycles. The Labute approximate surface area is 239 Å². The Bertz CT molecular complexity index is 1370. The third-order valence-electron chi connectivity index (χ3n) is 7.96. The summed E-state index contributed by atoms with van der Waals surface area (Å²) >= 11 is 0. The van der Waals surface area contributed by atoms with Gasteiger partial charge in [0.25, 0.3) is 0 Å². The molecule has 1 saturated heterocycles. The second kappa shape index (κ2) is 13.5. The molecule has 1 aliphatic heterocycles. The number of fused-ring (bicyclic) bond motifs is 1. The van der Waals surface area contributed by atoms with Crippen molar-refractivity contribution in [2.75, 3.05) is 6.54 Å². The van der Waals surface area contributed by atoms with Gasteiger partial charge in [-0.15, -0.1) is 0 Å². The largest absolute Gasteiger partial charge is 0.480 e. The molecule has 10 nitrogen and oxygen atoms in total. The van der Waals surface area contributed by atoms with Gasteiger partial charge in [-0.05, 0) is 42.4 Å². The van der Waals surface area contributed by atoms with E-state index in [0.717, 1.165) is 22.0 Å². The maximum Gasteiger partial charge on any atom is 0.326 e. The third kappa shape index (κ3) is 7.13. The molecule has 2 aromatic carbocycles. The second-order valence-corrected chi connectivity index (χ2v) is 10.8. The van der Waals surface area contributed by atoms with Crippen molar-refractivity contribution in [2.24, 2.45) is 11.7 Å². The number of aromatic nitrogens is 1. The fourth-order valence-electron chi connectivity index (χ4n) is 5.40. The van der Waals surface area contributed by atoms with Crippen molar-refractivity contribution >= 4 is 34.6 Å². The smallest absolute Gasteiger partial charge is 0.326 e. The van der Waals surface area contributed by atoms with E-state index in [2.05, 4.69) is 15.6 Å². The van der Waals surface area contributed by atoms with Crippen molar-refractivity contribution in [1.82, 2.24) is 20.5 Å². The summed E-state index contributed by atoms with van der Waals surface area (Å²) in [5.74, 6) is -2.74. The lowest BCUT2D eigenvalue weighted by Crippen LogP contribution is -2.58. The number of nitrogens with one attached hydrogen (secondary N) is 3. The van der Waals surface area contributed by atoms with Crippen LogP contribution in [0, 0.1) is 5.92 Å². The van der Waals surface area contributed by atoms with E-state index in [-0.39, 0.29) is 18.2 Å². The summed E-state index contributed by atoms with van der Waals surface area (Å²) in [6.45, 7) is 4.12. The minimum Gasteiger partial charge on any atom is -0.480 e. The Morgan fingerprint density at radius 2 is 1.76 bits per heavy atom. The fourth-order valence-corrected chi connectivity index (χ4v) is 5.40. The van der Waals surface area contributed by atoms with Gasteiger partial charge in [-0.1, -0.05) is 68.8 Å². The van der Waals surface area contributed by atoms with Crippen LogP contribution in [0.15, 0.2) is 60.8 Å². The number of benzene rings is 2. The number of carbonyl (C=O) groups is 4. The van der Waals surface area contributed by atoms with Gasteiger partial charge >= 0.3 is 5.97 Å². The van der Waals surface area contributed by atoms with Crippen LogP contribution in [0.2, 0.25) is 0 Å². The maximum absolute atomic E-state index is 13.5. The third-order valence-corrected chi connectivity index (χ3v) is 7.96. The molecule has 3 aromatic rings. The number of H-pyrrole nitrogens is 1. The zero-order valence-corrected chi connectivity index (χ0v) is 23.5. The van der Waals surface area contributed by atoms with Gasteiger partial charge < -0.3 is 31.4 Å². The number of hydrogen-bond donors (Lipinski definition) is 5. The van der Waals surface area contributed by atoms with Gasteiger partial charge in [0.1, 0.15) is 18.1 Å². The molecule has 10 heteroatoms. The Hall–Kier alpha value is -4.18. The van der Waals surface area contributed by atoms with Crippen LogP contribution in [-0.2, 0) is 32.0 Å². The molecule has 0 aliphatic carbocycles. The van der Waals surface area contributed by atoms with Gasteiger partial charge in [0, 0.05) is 30.1 Å². The highest BCUT2D eigenvalue weighted by Gasteiger charge is 2.39. The Balaban J connectivity index is 1.42. The average Bonchev–Trinajstić information content (AvgIpc) is 3.63. The van der Waals surface area contributed by atoms with Crippen molar-refractivity contribution < 1.29 is 24.3 Å². The summed E-state index contributed by atoms with van der Waals surface area (Å²) in [6.07, 6.45) is 3.97. The number of carboxylic acids is 1. The SMILES string of the molecule is CCC(C)C(NC(=O)C1CCCN1C(=O)C(N)Cc1c[nH]c2ccccc12)C(=O)NC(Cc1ccccc1)C(=O)O. The van der Waals surface area contributed by atoms with Crippen LogP contribution in [-0.4, -0.2) is 69.4 Å². The topological polar surface area (TPSA) is 158 Å². The van der Waals surface area contributed by atoms with E-state index in [0.29, 0.717) is 32.2 Å². The molecule has 6 N–H and O–H groups in total. The quantitative estimate of drug-likeness (QED) is 0.228. The van der Waals surface area contributed by atoms with Crippen LogP contribution in [0.4, 0.5) is 0 Å². The molecule has 41 heavy (non-hydrogen) atoms. The zero-order valence-electron chi connectivity index (χ0n) is 23.5. The first kappa shape index (κ1) is 29.8. The summed E-state index contributed by atoms with van der Waals surface area (Å²) in [4.78, 5) is 56.8. The van der Waals surface area contributed by atoms with Crippen molar-refractivity contribution in [1.29, 1.82) is 0 Å². The van der Waals surface area contributed by atoms with E-state index in [1.165, 1.54) is 4.90 Å². The highest BCUT2D eigenvalue weighted by Crippen LogP contribution is 2.23. The first-order valence-corrected chi connectivity index (χ1v) is 14.2. The minimum absolute atomic E-state index is 0.113. The van der Waals surface area contributed by atoms with Gasteiger partial charge in [0.15, 0.2) is 0 Å². The summed E-state index contributed by atoms with van der Waals surface area (Å²) in [5.41, 5.74) is 9.01. The van der Waals surface area contributed by atoms with Crippen molar-refractivity contribution in [2.45, 2.75) is 70.1 Å². The Morgan fingerprint density at radius 1 is 1.05 bits per heavy atom. The molecular weight excluding hydrogens is 522 g/mol. The highest BCUT2D eigenvalue weighted by molar-refractivity contribution is 5.95. The van der Waals surface area contributed by atoms with Gasteiger partial charge in [-0.3, -0.25) is 14.4 Å². The molecule has 5 unspecified atom stereocenters. The van der Waals surface area contributed by atoms with Crippen molar-refractivity contribution in [3.05, 3.63) is 71.9 Å². The van der Waals surface area contributed by atoms with Crippen LogP contribution < -0.4 is 16.4 Å². The zero-order chi connectivity index (χ0) is 29.5. The van der Waals surface area contributed by atoms with E-state index in [4.69, 9.17) is 5.73 Å². The van der Waals surface area contributed by atoms with Gasteiger partial charge in [0.05, 0.1) is 6.04 Å². The predicted molar refractivity (Wildman–Crippen MR) is 156 cm³/mol. The highest BCUT2D eigenvalue weighted by atomic mass is 16.4. The standard InChI is InChI=1S/C31H39N5O5/c1-3-19(2)27(29(38)34-25(31(40)41)16-20-10-5-4-6-11-20)35-28(37)26-14-9-15-36(26)30(39)23(32)17-21-18-33-24-13-8-7-12-22(21)24/h4-8,10-13,18-19,23,25-27,33H,3,9,14-17,32H2,1-2H3,(H,34,38)(H,35,37)(H,40,41). The number of carboxylic acid groups (broad SMARTS) is 1. The van der Waals surface area contributed by atoms with Crippen LogP contribution in [0.3, 0.4) is 0 Å². The summed E-state index contributed by atoms with van der Waals surface area (Å²) in [6, 6.07) is 13.1. The summed E-state index contributed by atoms with van der Waals surface area (Å²) < 4.78 is 0. The lowest BCUT2D eigenvalue weighted by molar-refractivity contribution is -0.143. The maximum atomic E-state index is 13.5. The number of nitrogens with two attached hydrogens (primary N) is 1. The minimum atomic E-state index is -1.16. The first-order chi connectivity index (χ1) is 19.7. The van der Waals surface area contributed by atoms with Crippen LogP contribution in [0.1, 0.15) is 44.2 Å². The molecule has 1 fully saturated rings. The van der Waals surface area contributed by atoms with Gasteiger partial charge in [-0.25, -0.2) is 4.79 Å². The van der Waals surface area contributed by atoms with E-state index in [1.54, 1.807) is 24.3 Å². The molecule has 0 radical (unpaired) electrons. The van der Waals surface area contributed by atoms with E-state index in [1.807, 2.05) is 50.4 Å². The Kier molecular flexibility index (Phi) is 9.78. The first-order valence-electron chi connectivity index (χ1n) is 14.2. The second-order valence-electron chi connectivity index (χ2n) is 10.8. The molecule has 3 amide bonds. The van der Waals surface area contributed by atoms with Crippen molar-refractivity contribution in [3.8, 4) is 0 Å². The number of nitrogens with zero attached hydrogens (tertiary/aromatic N) is 1. The van der Waals surface area contributed by atoms with Gasteiger partial charge in [0.2, 0.25) is 17.7 Å². The van der Waals surface area contributed by atoms with E-state index < -0.39 is 42.0 Å². The lowest BCUT2D eigenvalue weighted by atomic mass is 9.96. The number of para-hydroxylation sites is 1. The molecule has 5 atom stereocenters. The number of hydrogen-bond acceptors (Lipinski definition) is 5. The van der Waals surface area contributed by atoms with Crippen LogP contribution in [0.25, 0.3) is 10.9 Å². The number of likely N-dealkylation sites (tertiary alicyclic amines) is 1. The molecule has 0 spiro atoms. The van der Waals surface area contributed by atoms with Crippen LogP contribution in [0.5, 0.6) is 0 Å². The number of aromatic amines is 1. The number of rotatable bonds is 12. The molecule has 0 bridgehead atoms. The molecule has 4 rings (SSSR count). The lowest BCUT2D eigenvalue weighted by Gasteiger charge is -2.30. The Morgan fingerprint density at radius 3 is 2.46 bits per heavy atom. The van der Waals surface area contributed by atoms with Crippen molar-refractivity contribution in [3.63, 3.8) is 0 Å². The molecule has 0 saturated carbocycles. The molecular formula is C31H39N5O5. The van der Waals surface area contributed by atoms with Crippen LogP contribution >= 0.6 is 0 Å². The fraction of sp³-hybridized carbons (Fsp3) is 0.419. The molecule has 1 aliphatic rings. The summed E-state index contributed by atoms with van der Waals surface area (Å²) in [7, 11) is 0. The molecule has 1 aromatic heterocycles. The number of amides is 3. The normalized spacial score (nSPS) is 17.9. The van der Waals surface area contributed by atoms with E-state index >= 15 is 0 Å². The van der Waals surface area contributed by atoms with Gasteiger partial charge in [-0.2, -0.15) is 0 Å². The van der Waals surface area contributed by atoms with E-state index in [9.17, 15) is 24.3 Å². The number of carbonyl (C=O) groups excluding carboxylic acids is 3. The monoisotopic (exact) mass is 561 g/mol. The molecule has 218 valence electrons. The number of aliphatic carboxylic acids is 1. The average molecular weight is 562 g/mol. The summed E-state index contributed by atoms with van der Waals surface area (Å²) in [5, 5.41) is 16.2.